The van der Waals surface area contributed by atoms with Crippen molar-refractivity contribution in [3.63, 3.8) is 0 Å². The van der Waals surface area contributed by atoms with E-state index in [4.69, 9.17) is 0 Å². The Balaban J connectivity index is 2.33. The fourth-order valence-electron chi connectivity index (χ4n) is 1.83. The lowest BCUT2D eigenvalue weighted by molar-refractivity contribution is 0.566. The Hall–Kier alpha value is -0.760. The summed E-state index contributed by atoms with van der Waals surface area (Å²) in [7, 11) is -3.63. The van der Waals surface area contributed by atoms with E-state index in [1.165, 1.54) is 0 Å². The van der Waals surface area contributed by atoms with E-state index in [1.807, 2.05) is 13.0 Å². The van der Waals surface area contributed by atoms with Gasteiger partial charge in [0.05, 0.1) is 4.90 Å². The zero-order chi connectivity index (χ0) is 15.6. The SMILES string of the molecule is Cc1cc(Br)c(S(=O)(=O)NC(C)c2cccnc2)cc1Br. The first-order valence-electron chi connectivity index (χ1n) is 6.19. The molecule has 0 saturated heterocycles. The molecule has 0 bridgehead atoms. The zero-order valence-electron chi connectivity index (χ0n) is 11.5. The standard InChI is InChI=1S/C14H14Br2N2O2S/c1-9-6-13(16)14(7-12(9)15)21(19,20)18-10(2)11-4-3-5-17-8-11/h3-8,10,18H,1-2H3. The quantitative estimate of drug-likeness (QED) is 0.793. The van der Waals surface area contributed by atoms with Crippen molar-refractivity contribution in [1.82, 2.24) is 9.71 Å². The molecular formula is C14H14Br2N2O2S. The monoisotopic (exact) mass is 432 g/mol. The van der Waals surface area contributed by atoms with Gasteiger partial charge in [-0.05, 0) is 59.1 Å². The van der Waals surface area contributed by atoms with Crippen molar-refractivity contribution < 1.29 is 8.42 Å². The van der Waals surface area contributed by atoms with Crippen molar-refractivity contribution in [3.05, 3.63) is 56.7 Å². The molecule has 1 aromatic heterocycles. The number of rotatable bonds is 4. The highest BCUT2D eigenvalue weighted by atomic mass is 79.9. The van der Waals surface area contributed by atoms with Crippen LogP contribution in [0.4, 0.5) is 0 Å². The molecule has 1 N–H and O–H groups in total. The average Bonchev–Trinajstić information content (AvgIpc) is 2.43. The van der Waals surface area contributed by atoms with Crippen molar-refractivity contribution in [1.29, 1.82) is 0 Å². The van der Waals surface area contributed by atoms with Gasteiger partial charge in [-0.25, -0.2) is 13.1 Å². The number of nitrogens with one attached hydrogen (secondary N) is 1. The molecule has 2 rings (SSSR count). The van der Waals surface area contributed by atoms with E-state index in [1.54, 1.807) is 37.5 Å². The number of benzene rings is 1. The van der Waals surface area contributed by atoms with Gasteiger partial charge >= 0.3 is 0 Å². The number of pyridine rings is 1. The average molecular weight is 434 g/mol. The molecule has 1 atom stereocenters. The fourth-order valence-corrected chi connectivity index (χ4v) is 4.74. The minimum absolute atomic E-state index is 0.204. The Morgan fingerprint density at radius 1 is 1.24 bits per heavy atom. The maximum atomic E-state index is 12.5. The van der Waals surface area contributed by atoms with E-state index < -0.39 is 10.0 Å². The van der Waals surface area contributed by atoms with Gasteiger partial charge in [-0.2, -0.15) is 0 Å². The summed E-state index contributed by atoms with van der Waals surface area (Å²) in [5, 5.41) is 0. The van der Waals surface area contributed by atoms with Gasteiger partial charge in [-0.15, -0.1) is 0 Å². The molecule has 112 valence electrons. The molecule has 0 aliphatic carbocycles. The molecule has 1 unspecified atom stereocenters. The minimum Gasteiger partial charge on any atom is -0.264 e. The highest BCUT2D eigenvalue weighted by Gasteiger charge is 2.22. The van der Waals surface area contributed by atoms with Crippen LogP contribution in [0.25, 0.3) is 0 Å². The third-order valence-corrected chi connectivity index (χ3v) is 6.37. The first kappa shape index (κ1) is 16.6. The van der Waals surface area contributed by atoms with Crippen molar-refractivity contribution in [2.24, 2.45) is 0 Å². The van der Waals surface area contributed by atoms with E-state index in [-0.39, 0.29) is 10.9 Å². The summed E-state index contributed by atoms with van der Waals surface area (Å²) in [6.07, 6.45) is 3.30. The normalized spacial score (nSPS) is 13.1. The van der Waals surface area contributed by atoms with Gasteiger partial charge in [0.1, 0.15) is 0 Å². The molecule has 0 radical (unpaired) electrons. The van der Waals surface area contributed by atoms with Crippen LogP contribution in [0.1, 0.15) is 24.1 Å². The molecule has 0 amide bonds. The molecule has 2 aromatic rings. The van der Waals surface area contributed by atoms with Crippen molar-refractivity contribution in [2.75, 3.05) is 0 Å². The number of hydrogen-bond donors (Lipinski definition) is 1. The summed E-state index contributed by atoms with van der Waals surface area (Å²) in [5.41, 5.74) is 1.77. The molecule has 0 saturated carbocycles. The summed E-state index contributed by atoms with van der Waals surface area (Å²) in [6.45, 7) is 3.68. The number of halogens is 2. The van der Waals surface area contributed by atoms with Gasteiger partial charge in [0, 0.05) is 27.4 Å². The van der Waals surface area contributed by atoms with Crippen LogP contribution in [0, 0.1) is 6.92 Å². The molecule has 0 spiro atoms. The molecule has 21 heavy (non-hydrogen) atoms. The lowest BCUT2D eigenvalue weighted by atomic mass is 10.2. The second-order valence-electron chi connectivity index (χ2n) is 4.66. The lowest BCUT2D eigenvalue weighted by Gasteiger charge is -2.15. The van der Waals surface area contributed by atoms with Crippen LogP contribution >= 0.6 is 31.9 Å². The molecular weight excluding hydrogens is 420 g/mol. The molecule has 0 aliphatic heterocycles. The third-order valence-electron chi connectivity index (χ3n) is 3.02. The van der Waals surface area contributed by atoms with E-state index in [9.17, 15) is 8.42 Å². The second kappa shape index (κ2) is 6.56. The Morgan fingerprint density at radius 2 is 1.95 bits per heavy atom. The Labute approximate surface area is 141 Å². The van der Waals surface area contributed by atoms with Crippen molar-refractivity contribution >= 4 is 41.9 Å². The van der Waals surface area contributed by atoms with Gasteiger partial charge in [0.25, 0.3) is 0 Å². The number of sulfonamides is 1. The van der Waals surface area contributed by atoms with E-state index in [0.717, 1.165) is 15.6 Å². The maximum Gasteiger partial charge on any atom is 0.242 e. The van der Waals surface area contributed by atoms with Gasteiger partial charge in [-0.1, -0.05) is 22.0 Å². The highest BCUT2D eigenvalue weighted by molar-refractivity contribution is 9.11. The van der Waals surface area contributed by atoms with Gasteiger partial charge in [-0.3, -0.25) is 4.98 Å². The molecule has 7 heteroatoms. The van der Waals surface area contributed by atoms with Crippen molar-refractivity contribution in [2.45, 2.75) is 24.8 Å². The van der Waals surface area contributed by atoms with E-state index in [2.05, 4.69) is 41.6 Å². The molecule has 1 heterocycles. The van der Waals surface area contributed by atoms with Crippen LogP contribution < -0.4 is 4.72 Å². The number of hydrogen-bond acceptors (Lipinski definition) is 3. The summed E-state index contributed by atoms with van der Waals surface area (Å²) in [5.74, 6) is 0. The first-order valence-corrected chi connectivity index (χ1v) is 9.26. The lowest BCUT2D eigenvalue weighted by Crippen LogP contribution is -2.27. The Morgan fingerprint density at radius 3 is 2.57 bits per heavy atom. The third kappa shape index (κ3) is 3.91. The highest BCUT2D eigenvalue weighted by Crippen LogP contribution is 2.29. The van der Waals surface area contributed by atoms with Crippen LogP contribution in [0.15, 0.2) is 50.5 Å². The predicted molar refractivity (Wildman–Crippen MR) is 89.6 cm³/mol. The van der Waals surface area contributed by atoms with Crippen LogP contribution in [0.5, 0.6) is 0 Å². The van der Waals surface area contributed by atoms with Crippen molar-refractivity contribution in [3.8, 4) is 0 Å². The topological polar surface area (TPSA) is 59.1 Å². The largest absolute Gasteiger partial charge is 0.264 e. The smallest absolute Gasteiger partial charge is 0.242 e. The summed E-state index contributed by atoms with van der Waals surface area (Å²) >= 11 is 6.67. The Bertz CT molecular complexity index is 749. The summed E-state index contributed by atoms with van der Waals surface area (Å²) in [6, 6.07) is 6.61. The van der Waals surface area contributed by atoms with Crippen LogP contribution in [0.2, 0.25) is 0 Å². The van der Waals surface area contributed by atoms with Gasteiger partial charge in [0.15, 0.2) is 0 Å². The van der Waals surface area contributed by atoms with E-state index in [0.29, 0.717) is 4.47 Å². The number of aryl methyl sites for hydroxylation is 1. The minimum atomic E-state index is -3.63. The van der Waals surface area contributed by atoms with Crippen LogP contribution in [-0.4, -0.2) is 13.4 Å². The van der Waals surface area contributed by atoms with Crippen LogP contribution in [-0.2, 0) is 10.0 Å². The fraction of sp³-hybridized carbons (Fsp3) is 0.214. The zero-order valence-corrected chi connectivity index (χ0v) is 15.5. The van der Waals surface area contributed by atoms with Crippen LogP contribution in [0.3, 0.4) is 0 Å². The molecule has 1 aromatic carbocycles. The van der Waals surface area contributed by atoms with Gasteiger partial charge < -0.3 is 0 Å². The molecule has 4 nitrogen and oxygen atoms in total. The molecule has 0 aliphatic rings. The first-order chi connectivity index (χ1) is 9.81. The van der Waals surface area contributed by atoms with Gasteiger partial charge in [0.2, 0.25) is 10.0 Å². The number of aromatic nitrogens is 1. The Kier molecular flexibility index (Phi) is 5.19. The maximum absolute atomic E-state index is 12.5. The number of nitrogens with zero attached hydrogens (tertiary/aromatic N) is 1. The second-order valence-corrected chi connectivity index (χ2v) is 8.05. The predicted octanol–water partition coefficient (Wildman–Crippen LogP) is 3.95. The van der Waals surface area contributed by atoms with E-state index >= 15 is 0 Å². The summed E-state index contributed by atoms with van der Waals surface area (Å²) < 4.78 is 29.0. The summed E-state index contributed by atoms with van der Waals surface area (Å²) in [4.78, 5) is 4.20. The molecule has 0 fully saturated rings.